The summed E-state index contributed by atoms with van der Waals surface area (Å²) in [4.78, 5) is 23.0. The molecular weight excluding hydrogens is 437 g/mol. The summed E-state index contributed by atoms with van der Waals surface area (Å²) in [5, 5.41) is 24.1. The number of aliphatic hydroxyl groups is 1. The Morgan fingerprint density at radius 1 is 1.14 bits per heavy atom. The Bertz CT molecular complexity index is 1050. The molecule has 1 aromatic heterocycles. The predicted octanol–water partition coefficient (Wildman–Crippen LogP) is 3.89. The molecule has 0 saturated heterocycles. The fourth-order valence-electron chi connectivity index (χ4n) is 2.69. The van der Waals surface area contributed by atoms with Gasteiger partial charge in [-0.3, -0.25) is 4.79 Å². The summed E-state index contributed by atoms with van der Waals surface area (Å²) in [7, 11) is 0. The van der Waals surface area contributed by atoms with Gasteiger partial charge in [0.05, 0.1) is 13.0 Å². The minimum absolute atomic E-state index is 0.0182. The molecule has 0 radical (unpaired) electrons. The van der Waals surface area contributed by atoms with Crippen LogP contribution in [0.15, 0.2) is 41.8 Å². The molecule has 0 aliphatic heterocycles. The zero-order valence-corrected chi connectivity index (χ0v) is 17.4. The van der Waals surface area contributed by atoms with Crippen LogP contribution in [0.4, 0.5) is 0 Å². The number of halogens is 2. The Hall–Kier alpha value is -2.32. The van der Waals surface area contributed by atoms with E-state index < -0.39 is 24.5 Å². The molecule has 0 aliphatic carbocycles. The Morgan fingerprint density at radius 3 is 2.62 bits per heavy atom. The second-order valence-electron chi connectivity index (χ2n) is 6.26. The van der Waals surface area contributed by atoms with Crippen LogP contribution >= 0.6 is 34.5 Å². The number of thiophene rings is 1. The molecule has 1 heterocycles. The van der Waals surface area contributed by atoms with Gasteiger partial charge in [0, 0.05) is 20.3 Å². The number of aliphatic hydroxyl groups excluding tert-OH is 1. The smallest absolute Gasteiger partial charge is 0.328 e. The molecule has 3 N–H and O–H groups in total. The number of hydrogen-bond acceptors (Lipinski definition) is 5. The summed E-state index contributed by atoms with van der Waals surface area (Å²) >= 11 is 13.5. The Morgan fingerprint density at radius 2 is 1.93 bits per heavy atom. The van der Waals surface area contributed by atoms with Crippen LogP contribution in [0.2, 0.25) is 10.0 Å². The van der Waals surface area contributed by atoms with Crippen molar-refractivity contribution < 1.29 is 24.5 Å². The van der Waals surface area contributed by atoms with E-state index in [1.54, 1.807) is 18.2 Å². The van der Waals surface area contributed by atoms with Gasteiger partial charge in [-0.15, -0.1) is 11.3 Å². The number of aliphatic carboxylic acids is 1. The number of fused-ring (bicyclic) bond motifs is 1. The molecule has 6 nitrogen and oxygen atoms in total. The Balaban J connectivity index is 1.67. The van der Waals surface area contributed by atoms with Crippen molar-refractivity contribution in [3.8, 4) is 5.75 Å². The van der Waals surface area contributed by atoms with Gasteiger partial charge in [0.15, 0.2) is 0 Å². The molecule has 0 unspecified atom stereocenters. The molecule has 3 aromatic rings. The molecule has 9 heteroatoms. The lowest BCUT2D eigenvalue weighted by Gasteiger charge is -2.11. The fraction of sp³-hybridized carbons (Fsp3) is 0.200. The lowest BCUT2D eigenvalue weighted by Crippen LogP contribution is -2.43. The van der Waals surface area contributed by atoms with E-state index in [4.69, 9.17) is 38.2 Å². The first-order valence-electron chi connectivity index (χ1n) is 8.57. The first kappa shape index (κ1) is 21.4. The molecule has 0 fully saturated rings. The monoisotopic (exact) mass is 453 g/mol. The minimum atomic E-state index is -1.31. The van der Waals surface area contributed by atoms with Gasteiger partial charge in [-0.2, -0.15) is 0 Å². The van der Waals surface area contributed by atoms with Crippen molar-refractivity contribution in [3.63, 3.8) is 0 Å². The molecular formula is C20H17Cl2NO5S. The molecule has 0 spiro atoms. The van der Waals surface area contributed by atoms with Gasteiger partial charge in [-0.05, 0) is 46.7 Å². The molecule has 2 aromatic carbocycles. The highest BCUT2D eigenvalue weighted by molar-refractivity contribution is 7.17. The molecule has 0 aliphatic rings. The number of rotatable bonds is 8. The number of carbonyl (C=O) groups is 2. The fourth-order valence-corrected chi connectivity index (χ4v) is 4.15. The number of carboxylic acid groups (broad SMARTS) is 1. The van der Waals surface area contributed by atoms with Crippen LogP contribution in [0, 0.1) is 0 Å². The average Bonchev–Trinajstić information content (AvgIpc) is 3.07. The zero-order valence-electron chi connectivity index (χ0n) is 15.0. The number of carboxylic acids is 1. The highest BCUT2D eigenvalue weighted by atomic mass is 35.5. The summed E-state index contributed by atoms with van der Waals surface area (Å²) in [5.41, 5.74) is 1.59. The van der Waals surface area contributed by atoms with Crippen LogP contribution in [0.3, 0.4) is 0 Å². The van der Waals surface area contributed by atoms with Gasteiger partial charge in [0.2, 0.25) is 5.91 Å². The lowest BCUT2D eigenvalue weighted by molar-refractivity contribution is -0.142. The SMILES string of the molecule is O=C(Cc1csc2cc(OCc3ccc(Cl)cc3Cl)ccc12)N[C@@H](CO)C(=O)O. The Labute approximate surface area is 180 Å². The maximum atomic E-state index is 12.1. The van der Waals surface area contributed by atoms with Crippen LogP contribution in [-0.4, -0.2) is 34.7 Å². The van der Waals surface area contributed by atoms with Crippen LogP contribution in [0.25, 0.3) is 10.1 Å². The molecule has 0 saturated carbocycles. The summed E-state index contributed by atoms with van der Waals surface area (Å²) in [6.45, 7) is -0.371. The third-order valence-electron chi connectivity index (χ3n) is 4.20. The van der Waals surface area contributed by atoms with Crippen LogP contribution in [0.1, 0.15) is 11.1 Å². The van der Waals surface area contributed by atoms with E-state index in [2.05, 4.69) is 5.32 Å². The van der Waals surface area contributed by atoms with Gasteiger partial charge < -0.3 is 20.3 Å². The average molecular weight is 454 g/mol. The molecule has 3 rings (SSSR count). The quantitative estimate of drug-likeness (QED) is 0.480. The third kappa shape index (κ3) is 5.39. The number of carbonyl (C=O) groups excluding carboxylic acids is 1. The predicted molar refractivity (Wildman–Crippen MR) is 113 cm³/mol. The van der Waals surface area contributed by atoms with Crippen molar-refractivity contribution in [2.75, 3.05) is 6.61 Å². The Kier molecular flexibility index (Phi) is 6.97. The first-order valence-corrected chi connectivity index (χ1v) is 10.2. The van der Waals surface area contributed by atoms with E-state index in [0.29, 0.717) is 22.4 Å². The molecule has 29 heavy (non-hydrogen) atoms. The second-order valence-corrected chi connectivity index (χ2v) is 8.02. The van der Waals surface area contributed by atoms with E-state index in [-0.39, 0.29) is 6.42 Å². The summed E-state index contributed by atoms with van der Waals surface area (Å²) in [6, 6.07) is 9.43. The molecule has 1 atom stereocenters. The zero-order chi connectivity index (χ0) is 21.0. The van der Waals surface area contributed by atoms with Crippen LogP contribution < -0.4 is 10.1 Å². The van der Waals surface area contributed by atoms with E-state index in [0.717, 1.165) is 21.2 Å². The van der Waals surface area contributed by atoms with Gasteiger partial charge in [-0.25, -0.2) is 4.79 Å². The standard InChI is InChI=1S/C20H17Cl2NO5S/c21-13-2-1-11(16(22)6-13)9-28-14-3-4-15-12(10-29-18(15)7-14)5-19(25)23-17(8-24)20(26)27/h1-4,6-7,10,17,24H,5,8-9H2,(H,23,25)(H,26,27)/t17-/m0/s1. The summed E-state index contributed by atoms with van der Waals surface area (Å²) in [5.74, 6) is -1.09. The number of amides is 1. The van der Waals surface area contributed by atoms with Crippen molar-refractivity contribution in [1.82, 2.24) is 5.32 Å². The van der Waals surface area contributed by atoms with Crippen molar-refractivity contribution in [3.05, 3.63) is 63.0 Å². The van der Waals surface area contributed by atoms with Crippen molar-refractivity contribution >= 4 is 56.5 Å². The highest BCUT2D eigenvalue weighted by Gasteiger charge is 2.19. The van der Waals surface area contributed by atoms with E-state index >= 15 is 0 Å². The van der Waals surface area contributed by atoms with Crippen molar-refractivity contribution in [2.24, 2.45) is 0 Å². The summed E-state index contributed by atoms with van der Waals surface area (Å²) in [6.07, 6.45) is 0.0182. The second kappa shape index (κ2) is 9.45. The number of nitrogens with one attached hydrogen (secondary N) is 1. The normalized spacial score (nSPS) is 12.0. The number of benzene rings is 2. The minimum Gasteiger partial charge on any atom is -0.489 e. The highest BCUT2D eigenvalue weighted by Crippen LogP contribution is 2.31. The van der Waals surface area contributed by atoms with Crippen molar-refractivity contribution in [1.29, 1.82) is 0 Å². The van der Waals surface area contributed by atoms with Crippen molar-refractivity contribution in [2.45, 2.75) is 19.1 Å². The van der Waals surface area contributed by atoms with Crippen LogP contribution in [0.5, 0.6) is 5.75 Å². The molecule has 1 amide bonds. The lowest BCUT2D eigenvalue weighted by atomic mass is 10.1. The van der Waals surface area contributed by atoms with E-state index in [1.165, 1.54) is 11.3 Å². The first-order chi connectivity index (χ1) is 13.9. The van der Waals surface area contributed by atoms with Crippen LogP contribution in [-0.2, 0) is 22.6 Å². The third-order valence-corrected chi connectivity index (χ3v) is 5.78. The van der Waals surface area contributed by atoms with E-state index in [1.807, 2.05) is 23.6 Å². The number of hydrogen-bond donors (Lipinski definition) is 3. The number of ether oxygens (including phenoxy) is 1. The van der Waals surface area contributed by atoms with Gasteiger partial charge in [0.1, 0.15) is 18.4 Å². The largest absolute Gasteiger partial charge is 0.489 e. The molecule has 0 bridgehead atoms. The summed E-state index contributed by atoms with van der Waals surface area (Å²) < 4.78 is 6.75. The topological polar surface area (TPSA) is 95.9 Å². The molecule has 152 valence electrons. The van der Waals surface area contributed by atoms with Gasteiger partial charge in [-0.1, -0.05) is 29.3 Å². The van der Waals surface area contributed by atoms with E-state index in [9.17, 15) is 9.59 Å². The maximum Gasteiger partial charge on any atom is 0.328 e. The maximum absolute atomic E-state index is 12.1. The van der Waals surface area contributed by atoms with Gasteiger partial charge >= 0.3 is 5.97 Å². The van der Waals surface area contributed by atoms with Gasteiger partial charge in [0.25, 0.3) is 0 Å².